The summed E-state index contributed by atoms with van der Waals surface area (Å²) in [6.45, 7) is 1.05. The van der Waals surface area contributed by atoms with Gasteiger partial charge in [0, 0.05) is 19.3 Å². The van der Waals surface area contributed by atoms with Crippen LogP contribution in [-0.4, -0.2) is 16.4 Å². The normalized spacial score (nSPS) is 12.5. The lowest BCUT2D eigenvalue weighted by Crippen LogP contribution is -2.08. The van der Waals surface area contributed by atoms with Gasteiger partial charge in [0.15, 0.2) is 0 Å². The Morgan fingerprint density at radius 1 is 1.35 bits per heavy atom. The first-order valence-electron chi connectivity index (χ1n) is 6.27. The van der Waals surface area contributed by atoms with Crippen LogP contribution in [0, 0.1) is 6.92 Å². The van der Waals surface area contributed by atoms with Crippen LogP contribution in [0.2, 0.25) is 0 Å². The number of nitrogens with zero attached hydrogens (tertiary/aromatic N) is 2. The quantitative estimate of drug-likeness (QED) is 0.911. The highest BCUT2D eigenvalue weighted by molar-refractivity contribution is 5.48. The molecular formula is C14H17F2N3O. The second kappa shape index (κ2) is 5.90. The van der Waals surface area contributed by atoms with E-state index in [1.165, 1.54) is 6.07 Å². The topological polar surface area (TPSA) is 39.1 Å². The summed E-state index contributed by atoms with van der Waals surface area (Å²) in [7, 11) is 1.85. The predicted octanol–water partition coefficient (Wildman–Crippen LogP) is 3.50. The van der Waals surface area contributed by atoms with Crippen molar-refractivity contribution in [2.75, 3.05) is 5.32 Å². The minimum Gasteiger partial charge on any atom is -0.435 e. The minimum atomic E-state index is -2.81. The summed E-state index contributed by atoms with van der Waals surface area (Å²) in [6.07, 6.45) is 1.88. The maximum atomic E-state index is 12.2. The Morgan fingerprint density at radius 2 is 2.10 bits per heavy atom. The number of rotatable bonds is 5. The van der Waals surface area contributed by atoms with Crippen molar-refractivity contribution >= 4 is 5.69 Å². The molecule has 20 heavy (non-hydrogen) atoms. The van der Waals surface area contributed by atoms with E-state index in [0.717, 1.165) is 16.9 Å². The Morgan fingerprint density at radius 3 is 2.70 bits per heavy atom. The molecule has 0 aliphatic carbocycles. The van der Waals surface area contributed by atoms with E-state index in [4.69, 9.17) is 0 Å². The van der Waals surface area contributed by atoms with Crippen molar-refractivity contribution in [1.82, 2.24) is 9.78 Å². The number of anilines is 1. The van der Waals surface area contributed by atoms with Crippen molar-refractivity contribution in [1.29, 1.82) is 0 Å². The molecule has 0 fully saturated rings. The highest BCUT2D eigenvalue weighted by atomic mass is 19.3. The molecule has 0 radical (unpaired) electrons. The molecule has 0 amide bonds. The molecule has 1 atom stereocenters. The average molecular weight is 281 g/mol. The van der Waals surface area contributed by atoms with Crippen LogP contribution in [0.1, 0.15) is 24.2 Å². The molecule has 1 N–H and O–H groups in total. The van der Waals surface area contributed by atoms with Gasteiger partial charge in [-0.25, -0.2) is 0 Å². The third-order valence-corrected chi connectivity index (χ3v) is 2.97. The largest absolute Gasteiger partial charge is 0.435 e. The van der Waals surface area contributed by atoms with E-state index < -0.39 is 6.61 Å². The highest BCUT2D eigenvalue weighted by Gasteiger charge is 2.11. The SMILES string of the molecule is Cc1nn(C)cc1NC(C)c1cccc(OC(F)F)c1. The lowest BCUT2D eigenvalue weighted by Gasteiger charge is -2.16. The van der Waals surface area contributed by atoms with Gasteiger partial charge >= 0.3 is 6.61 Å². The Labute approximate surface area is 116 Å². The number of halogens is 2. The summed E-state index contributed by atoms with van der Waals surface area (Å²) in [4.78, 5) is 0. The smallest absolute Gasteiger partial charge is 0.387 e. The van der Waals surface area contributed by atoms with Crippen LogP contribution in [0.4, 0.5) is 14.5 Å². The fourth-order valence-corrected chi connectivity index (χ4v) is 2.02. The van der Waals surface area contributed by atoms with E-state index >= 15 is 0 Å². The molecule has 1 unspecified atom stereocenters. The van der Waals surface area contributed by atoms with E-state index in [2.05, 4.69) is 15.2 Å². The van der Waals surface area contributed by atoms with Gasteiger partial charge in [-0.15, -0.1) is 0 Å². The van der Waals surface area contributed by atoms with Gasteiger partial charge in [-0.2, -0.15) is 13.9 Å². The lowest BCUT2D eigenvalue weighted by molar-refractivity contribution is -0.0498. The molecule has 4 nitrogen and oxygen atoms in total. The zero-order chi connectivity index (χ0) is 14.7. The maximum absolute atomic E-state index is 12.2. The van der Waals surface area contributed by atoms with Crippen LogP contribution >= 0.6 is 0 Å². The predicted molar refractivity (Wildman–Crippen MR) is 73.1 cm³/mol. The van der Waals surface area contributed by atoms with Crippen molar-refractivity contribution in [2.45, 2.75) is 26.5 Å². The molecule has 0 aliphatic heterocycles. The lowest BCUT2D eigenvalue weighted by atomic mass is 10.1. The first kappa shape index (κ1) is 14.3. The fourth-order valence-electron chi connectivity index (χ4n) is 2.02. The third-order valence-electron chi connectivity index (χ3n) is 2.97. The van der Waals surface area contributed by atoms with Crippen molar-refractivity contribution in [3.8, 4) is 5.75 Å². The number of nitrogens with one attached hydrogen (secondary N) is 1. The Bertz CT molecular complexity index is 584. The van der Waals surface area contributed by atoms with Crippen LogP contribution in [0.25, 0.3) is 0 Å². The molecule has 2 rings (SSSR count). The van der Waals surface area contributed by atoms with E-state index in [1.54, 1.807) is 16.8 Å². The van der Waals surface area contributed by atoms with Crippen molar-refractivity contribution in [3.63, 3.8) is 0 Å². The summed E-state index contributed by atoms with van der Waals surface area (Å²) < 4.78 is 30.5. The van der Waals surface area contributed by atoms with Gasteiger partial charge in [0.2, 0.25) is 0 Å². The monoisotopic (exact) mass is 281 g/mol. The molecule has 6 heteroatoms. The number of ether oxygens (including phenoxy) is 1. The molecule has 2 aromatic rings. The van der Waals surface area contributed by atoms with Crippen LogP contribution in [-0.2, 0) is 7.05 Å². The molecule has 1 aromatic carbocycles. The minimum absolute atomic E-state index is 0.0425. The van der Waals surface area contributed by atoms with E-state index in [-0.39, 0.29) is 11.8 Å². The third kappa shape index (κ3) is 3.46. The summed E-state index contributed by atoms with van der Waals surface area (Å²) in [6, 6.07) is 6.63. The Hall–Kier alpha value is -2.11. The average Bonchev–Trinajstić information content (AvgIpc) is 2.67. The standard InChI is InChI=1S/C14H17F2N3O/c1-9(17-13-8-19(3)18-10(13)2)11-5-4-6-12(7-11)20-14(15)16/h4-9,14,17H,1-3H3. The van der Waals surface area contributed by atoms with E-state index in [9.17, 15) is 8.78 Å². The van der Waals surface area contributed by atoms with Gasteiger partial charge in [0.05, 0.1) is 11.4 Å². The second-order valence-electron chi connectivity index (χ2n) is 4.62. The first-order valence-corrected chi connectivity index (χ1v) is 6.27. The molecule has 1 aromatic heterocycles. The number of hydrogen-bond donors (Lipinski definition) is 1. The molecule has 1 heterocycles. The van der Waals surface area contributed by atoms with Crippen molar-refractivity contribution < 1.29 is 13.5 Å². The maximum Gasteiger partial charge on any atom is 0.387 e. The number of alkyl halides is 2. The summed E-state index contributed by atoms with van der Waals surface area (Å²) in [5.41, 5.74) is 2.67. The van der Waals surface area contributed by atoms with Crippen molar-refractivity contribution in [3.05, 3.63) is 41.7 Å². The van der Waals surface area contributed by atoms with Gasteiger partial charge < -0.3 is 10.1 Å². The molecule has 108 valence electrons. The van der Waals surface area contributed by atoms with Crippen molar-refractivity contribution in [2.24, 2.45) is 7.05 Å². The van der Waals surface area contributed by atoms with Gasteiger partial charge in [-0.3, -0.25) is 4.68 Å². The van der Waals surface area contributed by atoms with E-state index in [1.807, 2.05) is 33.2 Å². The van der Waals surface area contributed by atoms with Crippen LogP contribution in [0.5, 0.6) is 5.75 Å². The van der Waals surface area contributed by atoms with Gasteiger partial charge in [-0.1, -0.05) is 12.1 Å². The summed E-state index contributed by atoms with van der Waals surface area (Å²) in [5, 5.41) is 7.55. The summed E-state index contributed by atoms with van der Waals surface area (Å²) >= 11 is 0. The zero-order valence-corrected chi connectivity index (χ0v) is 11.6. The number of aryl methyl sites for hydroxylation is 2. The fraction of sp³-hybridized carbons (Fsp3) is 0.357. The van der Waals surface area contributed by atoms with Gasteiger partial charge in [0.1, 0.15) is 5.75 Å². The number of aromatic nitrogens is 2. The number of hydrogen-bond acceptors (Lipinski definition) is 3. The molecular weight excluding hydrogens is 264 g/mol. The number of benzene rings is 1. The molecule has 0 saturated carbocycles. The molecule has 0 spiro atoms. The van der Waals surface area contributed by atoms with Gasteiger partial charge in [0.25, 0.3) is 0 Å². The van der Waals surface area contributed by atoms with Gasteiger partial charge in [-0.05, 0) is 31.5 Å². The van der Waals surface area contributed by atoms with E-state index in [0.29, 0.717) is 0 Å². The first-order chi connectivity index (χ1) is 9.45. The Balaban J connectivity index is 2.12. The van der Waals surface area contributed by atoms with Crippen LogP contribution < -0.4 is 10.1 Å². The Kier molecular flexibility index (Phi) is 4.22. The van der Waals surface area contributed by atoms with Crippen LogP contribution in [0.3, 0.4) is 0 Å². The summed E-state index contributed by atoms with van der Waals surface area (Å²) in [5.74, 6) is 0.161. The molecule has 0 aliphatic rings. The highest BCUT2D eigenvalue weighted by Crippen LogP contribution is 2.24. The second-order valence-corrected chi connectivity index (χ2v) is 4.62. The molecule has 0 saturated heterocycles. The molecule has 0 bridgehead atoms. The zero-order valence-electron chi connectivity index (χ0n) is 11.6. The van der Waals surface area contributed by atoms with Crippen LogP contribution in [0.15, 0.2) is 30.5 Å².